The molecule has 290 valence electrons. The van der Waals surface area contributed by atoms with Crippen LogP contribution >= 0.6 is 0 Å². The number of aliphatic carboxylic acids is 1. The van der Waals surface area contributed by atoms with Crippen LogP contribution in [-0.4, -0.2) is 41.6 Å². The fourth-order valence-electron chi connectivity index (χ4n) is 6.11. The highest BCUT2D eigenvalue weighted by Gasteiger charge is 2.19. The van der Waals surface area contributed by atoms with E-state index in [1.54, 1.807) is 0 Å². The van der Waals surface area contributed by atoms with Gasteiger partial charge in [0.2, 0.25) is 5.91 Å². The number of carboxylic acid groups (broad SMARTS) is 1. The number of carbonyl (C=O) groups is 3. The Morgan fingerprint density at radius 3 is 1.66 bits per heavy atom. The minimum atomic E-state index is -1.01. The van der Waals surface area contributed by atoms with Gasteiger partial charge in [0.25, 0.3) is 0 Å². The van der Waals surface area contributed by atoms with Crippen LogP contribution in [0, 0.1) is 0 Å². The third-order valence-electron chi connectivity index (χ3n) is 9.22. The van der Waals surface area contributed by atoms with E-state index in [0.29, 0.717) is 32.2 Å². The number of hydrogen-bond donors (Lipinski definition) is 3. The summed E-state index contributed by atoms with van der Waals surface area (Å²) < 4.78 is 6.02. The van der Waals surface area contributed by atoms with Crippen molar-refractivity contribution in [3.05, 3.63) is 36.5 Å². The number of nitrogens with two attached hydrogens (primary N) is 1. The van der Waals surface area contributed by atoms with Crippen LogP contribution in [0.3, 0.4) is 0 Å². The molecule has 0 aromatic carbocycles. The number of rotatable bonds is 37. The number of carbonyl (C=O) groups excluding carboxylic acids is 2. The maximum Gasteiger partial charge on any atom is 0.326 e. The van der Waals surface area contributed by atoms with E-state index in [1.165, 1.54) is 64.2 Å². The van der Waals surface area contributed by atoms with Crippen LogP contribution in [0.25, 0.3) is 0 Å². The van der Waals surface area contributed by atoms with Crippen LogP contribution in [0.4, 0.5) is 0 Å². The third kappa shape index (κ3) is 34.1. The van der Waals surface area contributed by atoms with Crippen molar-refractivity contribution in [3.63, 3.8) is 0 Å². The van der Waals surface area contributed by atoms with Gasteiger partial charge in [0, 0.05) is 12.8 Å². The molecule has 0 radical (unpaired) electrons. The second-order valence-corrected chi connectivity index (χ2v) is 14.0. The quantitative estimate of drug-likeness (QED) is 0.0337. The minimum Gasteiger partial charge on any atom is -0.480 e. The van der Waals surface area contributed by atoms with E-state index in [9.17, 15) is 19.5 Å². The first-order valence-corrected chi connectivity index (χ1v) is 20.8. The zero-order valence-electron chi connectivity index (χ0n) is 32.5. The van der Waals surface area contributed by atoms with Crippen molar-refractivity contribution in [2.75, 3.05) is 6.54 Å². The molecule has 0 heterocycles. The summed E-state index contributed by atoms with van der Waals surface area (Å²) in [6.45, 7) is 4.83. The fraction of sp³-hybridized carbons (Fsp3) is 0.791. The number of unbranched alkanes of at least 4 members (excludes halogenated alkanes) is 17. The highest BCUT2D eigenvalue weighted by atomic mass is 16.5. The van der Waals surface area contributed by atoms with Crippen molar-refractivity contribution in [3.8, 4) is 0 Å². The Morgan fingerprint density at radius 2 is 1.10 bits per heavy atom. The van der Waals surface area contributed by atoms with Gasteiger partial charge in [-0.15, -0.1) is 0 Å². The maximum absolute atomic E-state index is 12.7. The molecule has 0 bridgehead atoms. The summed E-state index contributed by atoms with van der Waals surface area (Å²) in [6, 6.07) is -0.857. The predicted molar refractivity (Wildman–Crippen MR) is 211 cm³/mol. The summed E-state index contributed by atoms with van der Waals surface area (Å²) >= 11 is 0. The van der Waals surface area contributed by atoms with Crippen molar-refractivity contribution in [2.24, 2.45) is 5.73 Å². The SMILES string of the molecule is CC/C=C\C/C=C\C/C=C\CCCCCC(=O)OC(CCCCCCCCCCCCC)CCCCCCCC(=O)NC(CCCN)C(=O)O. The molecule has 0 aliphatic heterocycles. The van der Waals surface area contributed by atoms with E-state index < -0.39 is 12.0 Å². The van der Waals surface area contributed by atoms with Gasteiger partial charge in [-0.25, -0.2) is 4.79 Å². The molecule has 7 nitrogen and oxygen atoms in total. The van der Waals surface area contributed by atoms with E-state index >= 15 is 0 Å². The fourth-order valence-corrected chi connectivity index (χ4v) is 6.11. The van der Waals surface area contributed by atoms with E-state index in [0.717, 1.165) is 96.3 Å². The van der Waals surface area contributed by atoms with Crippen LogP contribution in [0.2, 0.25) is 0 Å². The normalized spacial score (nSPS) is 13.0. The third-order valence-corrected chi connectivity index (χ3v) is 9.22. The average molecular weight is 703 g/mol. The molecule has 0 aromatic heterocycles. The highest BCUT2D eigenvalue weighted by molar-refractivity contribution is 5.83. The minimum absolute atomic E-state index is 0.00164. The van der Waals surface area contributed by atoms with Crippen LogP contribution in [0.5, 0.6) is 0 Å². The molecule has 0 aromatic rings. The van der Waals surface area contributed by atoms with Crippen LogP contribution in [0.15, 0.2) is 36.5 Å². The number of carboxylic acids is 1. The Morgan fingerprint density at radius 1 is 0.600 bits per heavy atom. The second kappa shape index (κ2) is 37.8. The van der Waals surface area contributed by atoms with Crippen LogP contribution in [-0.2, 0) is 19.1 Å². The van der Waals surface area contributed by atoms with Gasteiger partial charge >= 0.3 is 11.9 Å². The standard InChI is InChI=1S/C43H78N2O5/c1-3-5-7-9-11-13-15-16-18-20-22-27-31-37-42(47)50-39(33-28-24-21-19-17-14-12-10-8-6-4-2)34-29-25-23-26-30-36-41(46)45-40(43(48)49)35-32-38-44/h5,7,11,13,16,18,39-40H,3-4,6,8-10,12,14-15,17,19-38,44H2,1-2H3,(H,45,46)(H,48,49)/b7-5-,13-11-,18-16-. The van der Waals surface area contributed by atoms with Crippen LogP contribution < -0.4 is 11.1 Å². The van der Waals surface area contributed by atoms with Crippen molar-refractivity contribution in [1.29, 1.82) is 0 Å². The van der Waals surface area contributed by atoms with Gasteiger partial charge in [-0.1, -0.05) is 140 Å². The molecule has 50 heavy (non-hydrogen) atoms. The van der Waals surface area contributed by atoms with Crippen molar-refractivity contribution < 1.29 is 24.2 Å². The van der Waals surface area contributed by atoms with Crippen molar-refractivity contribution in [1.82, 2.24) is 5.32 Å². The van der Waals surface area contributed by atoms with Gasteiger partial charge in [0.15, 0.2) is 0 Å². The van der Waals surface area contributed by atoms with E-state index in [4.69, 9.17) is 10.5 Å². The molecular weight excluding hydrogens is 624 g/mol. The molecule has 0 saturated carbocycles. The van der Waals surface area contributed by atoms with Gasteiger partial charge in [0.05, 0.1) is 0 Å². The van der Waals surface area contributed by atoms with E-state index in [1.807, 2.05) is 0 Å². The lowest BCUT2D eigenvalue weighted by Gasteiger charge is -2.18. The Bertz CT molecular complexity index is 885. The molecule has 0 saturated heterocycles. The summed E-state index contributed by atoms with van der Waals surface area (Å²) in [5, 5.41) is 11.9. The lowest BCUT2D eigenvalue weighted by Crippen LogP contribution is -2.40. The van der Waals surface area contributed by atoms with E-state index in [-0.39, 0.29) is 18.0 Å². The summed E-state index contributed by atoms with van der Waals surface area (Å²) in [4.78, 5) is 36.3. The van der Waals surface area contributed by atoms with Gasteiger partial charge in [-0.05, 0) is 90.0 Å². The first-order chi connectivity index (χ1) is 24.4. The first kappa shape index (κ1) is 47.6. The molecule has 2 atom stereocenters. The Labute approximate surface area is 307 Å². The van der Waals surface area contributed by atoms with Gasteiger partial charge in [0.1, 0.15) is 12.1 Å². The van der Waals surface area contributed by atoms with E-state index in [2.05, 4.69) is 55.6 Å². The average Bonchev–Trinajstić information content (AvgIpc) is 3.10. The number of ether oxygens (including phenoxy) is 1. The summed E-state index contributed by atoms with van der Waals surface area (Å²) in [5.41, 5.74) is 5.48. The summed E-state index contributed by atoms with van der Waals surface area (Å²) in [7, 11) is 0. The molecule has 0 aliphatic rings. The van der Waals surface area contributed by atoms with Gasteiger partial charge < -0.3 is 20.9 Å². The van der Waals surface area contributed by atoms with Crippen LogP contribution in [0.1, 0.15) is 200 Å². The first-order valence-electron chi connectivity index (χ1n) is 20.8. The Hall–Kier alpha value is -2.41. The largest absolute Gasteiger partial charge is 0.480 e. The Balaban J connectivity index is 4.36. The molecule has 0 rings (SSSR count). The number of allylic oxidation sites excluding steroid dienone is 6. The summed E-state index contributed by atoms with van der Waals surface area (Å²) in [6.07, 6.45) is 43.3. The Kier molecular flexibility index (Phi) is 36.0. The van der Waals surface area contributed by atoms with Gasteiger partial charge in [-0.2, -0.15) is 0 Å². The molecule has 7 heteroatoms. The zero-order valence-corrected chi connectivity index (χ0v) is 32.5. The number of hydrogen-bond acceptors (Lipinski definition) is 5. The zero-order chi connectivity index (χ0) is 36.8. The number of amides is 1. The smallest absolute Gasteiger partial charge is 0.326 e. The number of nitrogens with one attached hydrogen (secondary N) is 1. The second-order valence-electron chi connectivity index (χ2n) is 14.0. The molecule has 4 N–H and O–H groups in total. The number of esters is 1. The lowest BCUT2D eigenvalue weighted by atomic mass is 10.0. The topological polar surface area (TPSA) is 119 Å². The maximum atomic E-state index is 12.7. The lowest BCUT2D eigenvalue weighted by molar-refractivity contribution is -0.150. The summed E-state index contributed by atoms with van der Waals surface area (Å²) in [5.74, 6) is -1.26. The van der Waals surface area contributed by atoms with Crippen molar-refractivity contribution >= 4 is 17.8 Å². The molecular formula is C43H78N2O5. The molecule has 1 amide bonds. The highest BCUT2D eigenvalue weighted by Crippen LogP contribution is 2.19. The molecule has 2 unspecified atom stereocenters. The monoisotopic (exact) mass is 703 g/mol. The molecule has 0 aliphatic carbocycles. The molecule has 0 spiro atoms. The molecule has 0 fully saturated rings. The van der Waals surface area contributed by atoms with Gasteiger partial charge in [-0.3, -0.25) is 9.59 Å². The van der Waals surface area contributed by atoms with Crippen molar-refractivity contribution in [2.45, 2.75) is 212 Å². The predicted octanol–water partition coefficient (Wildman–Crippen LogP) is 11.4.